The molecule has 0 unspecified atom stereocenters. The van der Waals surface area contributed by atoms with Crippen LogP contribution in [0.15, 0.2) is 29.8 Å². The summed E-state index contributed by atoms with van der Waals surface area (Å²) in [6.45, 7) is 0. The van der Waals surface area contributed by atoms with Gasteiger partial charge in [0, 0.05) is 0 Å². The van der Waals surface area contributed by atoms with Crippen molar-refractivity contribution in [1.29, 1.82) is 0 Å². The topological polar surface area (TPSA) is 88.5 Å². The maximum Gasteiger partial charge on any atom is 0.356 e. The smallest absolute Gasteiger partial charge is 0.356 e. The van der Waals surface area contributed by atoms with Gasteiger partial charge in [0.25, 0.3) is 5.91 Å². The van der Waals surface area contributed by atoms with E-state index in [-0.39, 0.29) is 5.75 Å². The maximum absolute atomic E-state index is 14.7. The Bertz CT molecular complexity index is 1200. The van der Waals surface area contributed by atoms with Crippen LogP contribution in [0.4, 0.5) is 23.2 Å². The van der Waals surface area contributed by atoms with Crippen molar-refractivity contribution < 1.29 is 41.1 Å². The number of aromatic carboxylic acids is 1. The lowest BCUT2D eigenvalue weighted by Crippen LogP contribution is -2.18. The third-order valence-electron chi connectivity index (χ3n) is 3.72. The number of carbonyl (C=O) groups is 2. The molecule has 0 saturated carbocycles. The summed E-state index contributed by atoms with van der Waals surface area (Å²) in [6.07, 6.45) is 0. The van der Waals surface area contributed by atoms with Gasteiger partial charge in [0.15, 0.2) is 29.0 Å². The minimum atomic E-state index is -2.88. The van der Waals surface area contributed by atoms with Crippen LogP contribution in [0.25, 0.3) is 11.1 Å². The largest absolute Gasteiger partial charge is 0.497 e. The van der Waals surface area contributed by atoms with Crippen molar-refractivity contribution in [1.82, 2.24) is 4.98 Å². The monoisotopic (exact) mass is 429 g/mol. The van der Waals surface area contributed by atoms with Gasteiger partial charge >= 0.3 is 5.97 Å². The number of carboxylic acids is 1. The molecule has 6 nitrogen and oxygen atoms in total. The number of amides is 1. The fraction of sp³-hybridized carbons (Fsp3) is 0.0556. The first-order valence-corrected chi connectivity index (χ1v) is 8.42. The van der Waals surface area contributed by atoms with E-state index in [2.05, 4.69) is 9.72 Å². The van der Waals surface area contributed by atoms with Crippen molar-refractivity contribution in [3.63, 3.8) is 0 Å². The second-order valence-electron chi connectivity index (χ2n) is 5.43. The zero-order valence-corrected chi connectivity index (χ0v) is 14.7. The van der Waals surface area contributed by atoms with E-state index in [0.29, 0.717) is 11.3 Å². The number of rotatable bonds is 5. The Morgan fingerprint density at radius 1 is 1.17 bits per heavy atom. The van der Waals surface area contributed by atoms with Gasteiger partial charge in [0.2, 0.25) is 0 Å². The standard InChI is InChI=1S/C18H10F4N2O4S/c1-28-8-4-2-3-7(5-8)9-10(19)12(21)14(13(22)11(9)20)24-17(25)16-15(18(26)27)23-6-29-16/h2-6H,1H3,(H,24,25)(H,26,27)/i1D3. The molecule has 0 aliphatic rings. The highest BCUT2D eigenvalue weighted by Gasteiger charge is 2.29. The van der Waals surface area contributed by atoms with E-state index in [1.165, 1.54) is 0 Å². The maximum atomic E-state index is 14.7. The number of anilines is 1. The molecular formula is C18H10F4N2O4S. The molecule has 0 atom stereocenters. The Morgan fingerprint density at radius 3 is 2.48 bits per heavy atom. The number of benzene rings is 2. The van der Waals surface area contributed by atoms with Crippen LogP contribution < -0.4 is 10.1 Å². The van der Waals surface area contributed by atoms with Gasteiger partial charge in [-0.2, -0.15) is 0 Å². The first kappa shape index (κ1) is 16.5. The molecule has 1 aromatic heterocycles. The van der Waals surface area contributed by atoms with Crippen molar-refractivity contribution in [2.24, 2.45) is 0 Å². The van der Waals surface area contributed by atoms with Crippen LogP contribution in [0.5, 0.6) is 5.75 Å². The zero-order chi connectivity index (χ0) is 23.8. The molecule has 0 aliphatic carbocycles. The molecule has 150 valence electrons. The van der Waals surface area contributed by atoms with Crippen LogP contribution >= 0.6 is 11.3 Å². The van der Waals surface area contributed by atoms with Crippen LogP contribution in [0.1, 0.15) is 24.3 Å². The first-order chi connectivity index (χ1) is 14.9. The quantitative estimate of drug-likeness (QED) is 0.466. The highest BCUT2D eigenvalue weighted by molar-refractivity contribution is 7.12. The van der Waals surface area contributed by atoms with Gasteiger partial charge in [-0.15, -0.1) is 11.3 Å². The summed E-state index contributed by atoms with van der Waals surface area (Å²) in [6, 6.07) is 4.23. The van der Waals surface area contributed by atoms with E-state index >= 15 is 0 Å². The molecule has 0 radical (unpaired) electrons. The first-order valence-electron chi connectivity index (χ1n) is 9.04. The normalized spacial score (nSPS) is 12.6. The Balaban J connectivity index is 2.04. The van der Waals surface area contributed by atoms with E-state index in [1.54, 1.807) is 5.32 Å². The van der Waals surface area contributed by atoms with Crippen LogP contribution in [-0.4, -0.2) is 29.0 Å². The van der Waals surface area contributed by atoms with E-state index in [0.717, 1.165) is 29.8 Å². The lowest BCUT2D eigenvalue weighted by atomic mass is 10.0. The fourth-order valence-electron chi connectivity index (χ4n) is 2.44. The minimum Gasteiger partial charge on any atom is -0.497 e. The number of hydrogen-bond acceptors (Lipinski definition) is 5. The van der Waals surface area contributed by atoms with Crippen molar-refractivity contribution in [3.05, 3.63) is 63.6 Å². The van der Waals surface area contributed by atoms with Gasteiger partial charge in [-0.05, 0) is 17.7 Å². The number of hydrogen-bond donors (Lipinski definition) is 2. The minimum absolute atomic E-state index is 0.342. The summed E-state index contributed by atoms with van der Waals surface area (Å²) in [5.74, 6) is -11.0. The SMILES string of the molecule is [2H]C([2H])([2H])Oc1cccc(-c2c(F)c(F)c(NC(=O)c3scnc3C(=O)O)c(F)c2F)c1. The molecule has 3 rings (SSSR count). The third-order valence-corrected chi connectivity index (χ3v) is 4.54. The number of nitrogens with zero attached hydrogens (tertiary/aromatic N) is 1. The van der Waals surface area contributed by atoms with Crippen molar-refractivity contribution in [2.45, 2.75) is 0 Å². The predicted molar refractivity (Wildman–Crippen MR) is 95.3 cm³/mol. The van der Waals surface area contributed by atoms with Gasteiger partial charge in [-0.1, -0.05) is 12.1 Å². The number of carboxylic acid groups (broad SMARTS) is 1. The highest BCUT2D eigenvalue weighted by Crippen LogP contribution is 2.36. The molecule has 0 bridgehead atoms. The molecule has 0 aliphatic heterocycles. The molecule has 2 aromatic carbocycles. The van der Waals surface area contributed by atoms with Crippen molar-refractivity contribution >= 4 is 28.9 Å². The van der Waals surface area contributed by atoms with E-state index in [9.17, 15) is 27.2 Å². The summed E-state index contributed by atoms with van der Waals surface area (Å²) < 4.78 is 84.3. The second-order valence-corrected chi connectivity index (χ2v) is 6.28. The van der Waals surface area contributed by atoms with Gasteiger partial charge < -0.3 is 15.2 Å². The zero-order valence-electron chi connectivity index (χ0n) is 16.9. The molecule has 0 saturated heterocycles. The number of aromatic nitrogens is 1. The van der Waals surface area contributed by atoms with Crippen molar-refractivity contribution in [2.75, 3.05) is 12.4 Å². The number of methoxy groups -OCH3 is 1. The van der Waals surface area contributed by atoms with Gasteiger partial charge in [-0.25, -0.2) is 27.3 Å². The number of ether oxygens (including phenoxy) is 1. The molecule has 29 heavy (non-hydrogen) atoms. The molecule has 2 N–H and O–H groups in total. The number of halogens is 4. The van der Waals surface area contributed by atoms with Crippen LogP contribution in [0.2, 0.25) is 0 Å². The number of nitrogens with one attached hydrogen (secondary N) is 1. The van der Waals surface area contributed by atoms with Crippen molar-refractivity contribution in [3.8, 4) is 16.9 Å². The highest BCUT2D eigenvalue weighted by atomic mass is 32.1. The average Bonchev–Trinajstić information content (AvgIpc) is 3.19. The Kier molecular flexibility index (Phi) is 4.48. The third kappa shape index (κ3) is 3.63. The Labute approximate surface area is 168 Å². The number of carbonyl (C=O) groups excluding carboxylic acids is 1. The van der Waals surface area contributed by atoms with Gasteiger partial charge in [0.05, 0.1) is 22.2 Å². The fourth-order valence-corrected chi connectivity index (χ4v) is 3.11. The molecule has 1 amide bonds. The number of thiazole rings is 1. The van der Waals surface area contributed by atoms with E-state index in [4.69, 9.17) is 9.22 Å². The lowest BCUT2D eigenvalue weighted by molar-refractivity contribution is 0.0687. The summed E-state index contributed by atoms with van der Waals surface area (Å²) in [5, 5.41) is 10.6. The Hall–Kier alpha value is -3.47. The molecular weight excluding hydrogens is 416 g/mol. The second kappa shape index (κ2) is 7.87. The van der Waals surface area contributed by atoms with Gasteiger partial charge in [0.1, 0.15) is 16.3 Å². The predicted octanol–water partition coefficient (Wildman–Crippen LogP) is 4.33. The molecule has 1 heterocycles. The summed E-state index contributed by atoms with van der Waals surface area (Å²) in [4.78, 5) is 26.1. The molecule has 0 spiro atoms. The Morgan fingerprint density at radius 2 is 1.86 bits per heavy atom. The lowest BCUT2D eigenvalue weighted by Gasteiger charge is -2.13. The van der Waals surface area contributed by atoms with Crippen LogP contribution in [0.3, 0.4) is 0 Å². The molecule has 0 fully saturated rings. The van der Waals surface area contributed by atoms with Gasteiger partial charge in [-0.3, -0.25) is 4.79 Å². The van der Waals surface area contributed by atoms with E-state index < -0.39 is 69.6 Å². The van der Waals surface area contributed by atoms with E-state index in [1.807, 2.05) is 0 Å². The average molecular weight is 429 g/mol. The van der Waals surface area contributed by atoms with Crippen LogP contribution in [0, 0.1) is 23.3 Å². The molecule has 11 heteroatoms. The summed E-state index contributed by atoms with van der Waals surface area (Å²) >= 11 is 0.535. The summed E-state index contributed by atoms with van der Waals surface area (Å²) in [5.41, 5.74) is -2.81. The van der Waals surface area contributed by atoms with Crippen LogP contribution in [-0.2, 0) is 0 Å². The molecule has 3 aromatic rings. The summed E-state index contributed by atoms with van der Waals surface area (Å²) in [7, 11) is -2.88.